The van der Waals surface area contributed by atoms with Crippen LogP contribution in [0.5, 0.6) is 0 Å². The van der Waals surface area contributed by atoms with E-state index in [1.54, 1.807) is 0 Å². The van der Waals surface area contributed by atoms with Crippen LogP contribution in [0.15, 0.2) is 170 Å². The first-order valence-corrected chi connectivity index (χ1v) is 16.9. The normalized spacial score (nSPS) is 12.9. The quantitative estimate of drug-likeness (QED) is 0.190. The van der Waals surface area contributed by atoms with E-state index in [9.17, 15) is 0 Å². The first-order chi connectivity index (χ1) is 24.1. The molecule has 0 atom stereocenters. The Morgan fingerprint density at radius 3 is 1.51 bits per heavy atom. The highest BCUT2D eigenvalue weighted by Crippen LogP contribution is 2.50. The van der Waals surface area contributed by atoms with Crippen LogP contribution in [0.4, 0.5) is 0 Å². The Morgan fingerprint density at radius 1 is 0.347 bits per heavy atom. The predicted molar refractivity (Wildman–Crippen MR) is 204 cm³/mol. The summed E-state index contributed by atoms with van der Waals surface area (Å²) in [4.78, 5) is 10.3. The Kier molecular flexibility index (Phi) is 6.84. The molecule has 9 rings (SSSR count). The number of benzene rings is 7. The fourth-order valence-corrected chi connectivity index (χ4v) is 7.65. The van der Waals surface area contributed by atoms with Gasteiger partial charge in [-0.3, -0.25) is 0 Å². The second-order valence-electron chi connectivity index (χ2n) is 13.4. The van der Waals surface area contributed by atoms with E-state index < -0.39 is 0 Å². The molecule has 0 amide bonds. The summed E-state index contributed by atoms with van der Waals surface area (Å²) in [6.07, 6.45) is 0. The van der Waals surface area contributed by atoms with Crippen molar-refractivity contribution < 1.29 is 0 Å². The molecule has 0 N–H and O–H groups in total. The number of aromatic nitrogens is 2. The molecule has 0 spiro atoms. The Balaban J connectivity index is 1.20. The number of rotatable bonds is 5. The molecule has 1 heterocycles. The maximum Gasteiger partial charge on any atom is 0.161 e. The average Bonchev–Trinajstić information content (AvgIpc) is 3.40. The van der Waals surface area contributed by atoms with Crippen molar-refractivity contribution in [2.45, 2.75) is 19.3 Å². The summed E-state index contributed by atoms with van der Waals surface area (Å²) < 4.78 is 0. The van der Waals surface area contributed by atoms with Crippen LogP contribution in [-0.4, -0.2) is 9.97 Å². The lowest BCUT2D eigenvalue weighted by molar-refractivity contribution is 0.660. The largest absolute Gasteiger partial charge is 0.228 e. The van der Waals surface area contributed by atoms with Gasteiger partial charge in [0.2, 0.25) is 0 Å². The van der Waals surface area contributed by atoms with Gasteiger partial charge in [-0.1, -0.05) is 166 Å². The molecule has 0 radical (unpaired) electrons. The highest BCUT2D eigenvalue weighted by Gasteiger charge is 2.35. The van der Waals surface area contributed by atoms with E-state index in [-0.39, 0.29) is 5.41 Å². The SMILES string of the molecule is CC1(C)c2ccccc2-c2ccc(-c3ccccc3-c3ccc(-c4nc(-c5ccccc5)cc(-c5ccccc5)n4)c4ccccc34)cc21. The highest BCUT2D eigenvalue weighted by molar-refractivity contribution is 6.06. The summed E-state index contributed by atoms with van der Waals surface area (Å²) in [5, 5.41) is 2.31. The number of hydrogen-bond donors (Lipinski definition) is 0. The van der Waals surface area contributed by atoms with Gasteiger partial charge in [-0.2, -0.15) is 0 Å². The molecule has 0 fully saturated rings. The van der Waals surface area contributed by atoms with E-state index in [0.717, 1.165) is 39.3 Å². The molecule has 232 valence electrons. The van der Waals surface area contributed by atoms with Crippen molar-refractivity contribution in [3.05, 3.63) is 181 Å². The molecule has 1 aromatic heterocycles. The van der Waals surface area contributed by atoms with Crippen LogP contribution < -0.4 is 0 Å². The molecule has 0 aliphatic heterocycles. The molecule has 8 aromatic rings. The molecule has 1 aliphatic rings. The van der Waals surface area contributed by atoms with Crippen molar-refractivity contribution in [1.82, 2.24) is 9.97 Å². The average molecular weight is 627 g/mol. The van der Waals surface area contributed by atoms with Crippen molar-refractivity contribution in [2.75, 3.05) is 0 Å². The van der Waals surface area contributed by atoms with Gasteiger partial charge in [-0.25, -0.2) is 9.97 Å². The van der Waals surface area contributed by atoms with E-state index in [1.807, 2.05) is 12.1 Å². The van der Waals surface area contributed by atoms with Gasteiger partial charge in [0.05, 0.1) is 11.4 Å². The molecule has 0 unspecified atom stereocenters. The third-order valence-corrected chi connectivity index (χ3v) is 10.1. The second kappa shape index (κ2) is 11.5. The molecule has 2 heteroatoms. The fourth-order valence-electron chi connectivity index (χ4n) is 7.65. The molecule has 0 saturated heterocycles. The molecule has 0 saturated carbocycles. The van der Waals surface area contributed by atoms with Crippen molar-refractivity contribution in [3.63, 3.8) is 0 Å². The molecule has 2 nitrogen and oxygen atoms in total. The molecule has 0 bridgehead atoms. The monoisotopic (exact) mass is 626 g/mol. The van der Waals surface area contributed by atoms with E-state index in [1.165, 1.54) is 49.9 Å². The minimum atomic E-state index is -0.0574. The third kappa shape index (κ3) is 4.88. The van der Waals surface area contributed by atoms with Gasteiger partial charge in [-0.15, -0.1) is 0 Å². The minimum absolute atomic E-state index is 0.0574. The highest BCUT2D eigenvalue weighted by atomic mass is 14.9. The predicted octanol–water partition coefficient (Wildman–Crippen LogP) is 12.3. The maximum atomic E-state index is 5.17. The minimum Gasteiger partial charge on any atom is -0.228 e. The Morgan fingerprint density at radius 2 is 0.837 bits per heavy atom. The fraction of sp³-hybridized carbons (Fsp3) is 0.0638. The van der Waals surface area contributed by atoms with Crippen LogP contribution in [-0.2, 0) is 5.41 Å². The van der Waals surface area contributed by atoms with Crippen molar-refractivity contribution in [1.29, 1.82) is 0 Å². The van der Waals surface area contributed by atoms with Crippen LogP contribution >= 0.6 is 0 Å². The van der Waals surface area contributed by atoms with Gasteiger partial charge in [0.1, 0.15) is 0 Å². The lowest BCUT2D eigenvalue weighted by Crippen LogP contribution is -2.14. The lowest BCUT2D eigenvalue weighted by Gasteiger charge is -2.22. The Labute approximate surface area is 287 Å². The van der Waals surface area contributed by atoms with Crippen LogP contribution in [0.3, 0.4) is 0 Å². The van der Waals surface area contributed by atoms with Crippen molar-refractivity contribution >= 4 is 10.8 Å². The molecule has 1 aliphatic carbocycles. The Hall–Kier alpha value is -6.12. The van der Waals surface area contributed by atoms with Crippen molar-refractivity contribution in [2.24, 2.45) is 0 Å². The summed E-state index contributed by atoms with van der Waals surface area (Å²) in [5.74, 6) is 0.719. The van der Waals surface area contributed by atoms with Crippen molar-refractivity contribution in [3.8, 4) is 67.3 Å². The molecular formula is C47H34N2. The van der Waals surface area contributed by atoms with Crippen LogP contribution in [0.25, 0.3) is 78.1 Å². The maximum absolute atomic E-state index is 5.17. The first-order valence-electron chi connectivity index (χ1n) is 16.9. The van der Waals surface area contributed by atoms with Crippen LogP contribution in [0.1, 0.15) is 25.0 Å². The van der Waals surface area contributed by atoms with Crippen LogP contribution in [0.2, 0.25) is 0 Å². The molecular weight excluding hydrogens is 593 g/mol. The number of hydrogen-bond acceptors (Lipinski definition) is 2. The van der Waals surface area contributed by atoms with Gasteiger partial charge in [0.25, 0.3) is 0 Å². The Bertz CT molecular complexity index is 2450. The third-order valence-electron chi connectivity index (χ3n) is 10.1. The van der Waals surface area contributed by atoms with Gasteiger partial charge in [0, 0.05) is 22.1 Å². The molecule has 7 aromatic carbocycles. The summed E-state index contributed by atoms with van der Waals surface area (Å²) in [6, 6.07) is 60.6. The summed E-state index contributed by atoms with van der Waals surface area (Å²) in [6.45, 7) is 4.69. The van der Waals surface area contributed by atoms with Gasteiger partial charge in [0.15, 0.2) is 5.82 Å². The lowest BCUT2D eigenvalue weighted by atomic mass is 9.81. The second-order valence-corrected chi connectivity index (χ2v) is 13.4. The van der Waals surface area contributed by atoms with Gasteiger partial charge < -0.3 is 0 Å². The van der Waals surface area contributed by atoms with E-state index in [2.05, 4.69) is 172 Å². The smallest absolute Gasteiger partial charge is 0.161 e. The zero-order valence-electron chi connectivity index (χ0n) is 27.6. The van der Waals surface area contributed by atoms with Crippen LogP contribution in [0, 0.1) is 0 Å². The summed E-state index contributed by atoms with van der Waals surface area (Å²) >= 11 is 0. The molecule has 49 heavy (non-hydrogen) atoms. The summed E-state index contributed by atoms with van der Waals surface area (Å²) in [5.41, 5.74) is 15.2. The first kappa shape index (κ1) is 29.1. The van der Waals surface area contributed by atoms with E-state index >= 15 is 0 Å². The number of fused-ring (bicyclic) bond motifs is 4. The van der Waals surface area contributed by atoms with E-state index in [4.69, 9.17) is 9.97 Å². The zero-order valence-corrected chi connectivity index (χ0v) is 27.6. The standard InChI is InChI=1S/C47H34N2/c1-47(2)42-24-14-13-23-39(42)40-26-25-33(29-43(40)47)34-19-9-10-20-35(34)38-27-28-41(37-22-12-11-21-36(37)38)46-48-44(31-15-5-3-6-16-31)30-45(49-46)32-17-7-4-8-18-32/h3-30H,1-2H3. The van der Waals surface area contributed by atoms with Gasteiger partial charge in [-0.05, 0) is 73.5 Å². The zero-order chi connectivity index (χ0) is 33.0. The van der Waals surface area contributed by atoms with E-state index in [0.29, 0.717) is 0 Å². The van der Waals surface area contributed by atoms with Gasteiger partial charge >= 0.3 is 0 Å². The topological polar surface area (TPSA) is 25.8 Å². The number of nitrogens with zero attached hydrogens (tertiary/aromatic N) is 2. The summed E-state index contributed by atoms with van der Waals surface area (Å²) in [7, 11) is 0.